The summed E-state index contributed by atoms with van der Waals surface area (Å²) >= 11 is 0. The van der Waals surface area contributed by atoms with Crippen molar-refractivity contribution in [3.05, 3.63) is 48.0 Å². The number of ether oxygens (including phenoxy) is 3. The Labute approximate surface area is 181 Å². The Morgan fingerprint density at radius 2 is 1.71 bits per heavy atom. The monoisotopic (exact) mass is 448 g/mol. The topological polar surface area (TPSA) is 111 Å². The van der Waals surface area contributed by atoms with E-state index in [0.29, 0.717) is 30.4 Å². The summed E-state index contributed by atoms with van der Waals surface area (Å²) in [6, 6.07) is 10.4. The second-order valence-electron chi connectivity index (χ2n) is 6.58. The number of anilines is 1. The van der Waals surface area contributed by atoms with Crippen molar-refractivity contribution in [3.63, 3.8) is 0 Å². The second-order valence-corrected chi connectivity index (χ2v) is 8.52. The average molecular weight is 448 g/mol. The minimum Gasteiger partial charge on any atom is -0.486 e. The summed E-state index contributed by atoms with van der Waals surface area (Å²) in [5.41, 5.74) is 0.724. The molecule has 0 unspecified atom stereocenters. The molecule has 0 radical (unpaired) electrons. The average Bonchev–Trinajstić information content (AvgIpc) is 2.77. The van der Waals surface area contributed by atoms with Crippen LogP contribution in [0.1, 0.15) is 24.2 Å². The number of carbonyl (C=O) groups excluding carboxylic acids is 2. The first-order valence-corrected chi connectivity index (χ1v) is 11.3. The van der Waals surface area contributed by atoms with Crippen LogP contribution in [0.2, 0.25) is 0 Å². The number of hydrogen-bond acceptors (Lipinski definition) is 7. The van der Waals surface area contributed by atoms with Crippen LogP contribution in [-0.2, 0) is 19.6 Å². The predicted octanol–water partition coefficient (Wildman–Crippen LogP) is 2.28. The largest absolute Gasteiger partial charge is 0.486 e. The quantitative estimate of drug-likeness (QED) is 0.617. The van der Waals surface area contributed by atoms with Crippen molar-refractivity contribution in [3.8, 4) is 11.5 Å². The van der Waals surface area contributed by atoms with Crippen LogP contribution in [0.4, 0.5) is 5.69 Å². The van der Waals surface area contributed by atoms with Crippen LogP contribution in [-0.4, -0.2) is 57.5 Å². The van der Waals surface area contributed by atoms with Crippen molar-refractivity contribution in [2.45, 2.75) is 18.7 Å². The van der Waals surface area contributed by atoms with Gasteiger partial charge in [0.05, 0.1) is 23.6 Å². The maximum absolute atomic E-state index is 12.9. The highest BCUT2D eigenvalue weighted by molar-refractivity contribution is 7.89. The third-order valence-electron chi connectivity index (χ3n) is 4.50. The Morgan fingerprint density at radius 3 is 2.35 bits per heavy atom. The molecule has 31 heavy (non-hydrogen) atoms. The summed E-state index contributed by atoms with van der Waals surface area (Å²) in [6.07, 6.45) is 0. The van der Waals surface area contributed by atoms with Gasteiger partial charge >= 0.3 is 5.97 Å². The van der Waals surface area contributed by atoms with Gasteiger partial charge in [-0.25, -0.2) is 13.2 Å². The number of fused-ring (bicyclic) bond motifs is 1. The minimum atomic E-state index is -3.93. The van der Waals surface area contributed by atoms with E-state index in [1.165, 1.54) is 24.3 Å². The molecule has 0 saturated carbocycles. The highest BCUT2D eigenvalue weighted by Gasteiger charge is 2.26. The Hall–Kier alpha value is -3.11. The van der Waals surface area contributed by atoms with Crippen LogP contribution in [0.3, 0.4) is 0 Å². The number of hydrogen-bond donors (Lipinski definition) is 1. The second kappa shape index (κ2) is 9.80. The van der Waals surface area contributed by atoms with E-state index in [2.05, 4.69) is 5.32 Å². The number of nitrogens with one attached hydrogen (secondary N) is 1. The Morgan fingerprint density at radius 1 is 1.03 bits per heavy atom. The molecule has 0 aromatic heterocycles. The molecule has 0 fully saturated rings. The fourth-order valence-electron chi connectivity index (χ4n) is 2.98. The van der Waals surface area contributed by atoms with Gasteiger partial charge in [0.15, 0.2) is 11.5 Å². The van der Waals surface area contributed by atoms with Crippen molar-refractivity contribution in [1.29, 1.82) is 0 Å². The van der Waals surface area contributed by atoms with Crippen molar-refractivity contribution < 1.29 is 32.2 Å². The summed E-state index contributed by atoms with van der Waals surface area (Å²) in [7, 11) is -3.93. The van der Waals surface area contributed by atoms with Crippen LogP contribution in [0.5, 0.6) is 11.5 Å². The van der Waals surface area contributed by atoms with Gasteiger partial charge < -0.3 is 19.5 Å². The van der Waals surface area contributed by atoms with Gasteiger partial charge in [-0.3, -0.25) is 4.79 Å². The lowest BCUT2D eigenvalue weighted by atomic mass is 10.2. The van der Waals surface area contributed by atoms with Gasteiger partial charge in [0.2, 0.25) is 15.9 Å². The van der Waals surface area contributed by atoms with E-state index in [1.54, 1.807) is 32.0 Å². The fourth-order valence-corrected chi connectivity index (χ4v) is 4.38. The zero-order chi connectivity index (χ0) is 22.4. The molecule has 0 bridgehead atoms. The molecule has 1 amide bonds. The van der Waals surface area contributed by atoms with Crippen molar-refractivity contribution >= 4 is 27.6 Å². The molecule has 0 atom stereocenters. The highest BCUT2D eigenvalue weighted by atomic mass is 32.2. The third-order valence-corrected chi connectivity index (χ3v) is 6.44. The number of esters is 1. The van der Waals surface area contributed by atoms with E-state index < -0.39 is 21.9 Å². The minimum absolute atomic E-state index is 0.0190. The van der Waals surface area contributed by atoms with Gasteiger partial charge in [-0.05, 0) is 43.3 Å². The molecule has 0 saturated heterocycles. The van der Waals surface area contributed by atoms with Crippen molar-refractivity contribution in [1.82, 2.24) is 4.31 Å². The smallest absolute Gasteiger partial charge is 0.338 e. The van der Waals surface area contributed by atoms with Gasteiger partial charge in [-0.1, -0.05) is 6.92 Å². The fraction of sp³-hybridized carbons (Fsp3) is 0.333. The van der Waals surface area contributed by atoms with Crippen molar-refractivity contribution in [2.75, 3.05) is 38.2 Å². The first kappa shape index (κ1) is 22.6. The van der Waals surface area contributed by atoms with Crippen LogP contribution in [0.15, 0.2) is 47.4 Å². The normalized spacial score (nSPS) is 13.0. The zero-order valence-corrected chi connectivity index (χ0v) is 18.1. The van der Waals surface area contributed by atoms with Gasteiger partial charge in [-0.15, -0.1) is 0 Å². The summed E-state index contributed by atoms with van der Waals surface area (Å²) in [5, 5.41) is 2.68. The van der Waals surface area contributed by atoms with Crippen LogP contribution in [0, 0.1) is 0 Å². The molecule has 2 aromatic carbocycles. The van der Waals surface area contributed by atoms with Crippen LogP contribution in [0.25, 0.3) is 0 Å². The molecule has 10 heteroatoms. The van der Waals surface area contributed by atoms with E-state index in [9.17, 15) is 18.0 Å². The first-order valence-electron chi connectivity index (χ1n) is 9.82. The molecule has 166 valence electrons. The molecule has 1 aliphatic heterocycles. The maximum atomic E-state index is 12.9. The molecular weight excluding hydrogens is 424 g/mol. The number of rotatable bonds is 8. The lowest BCUT2D eigenvalue weighted by Crippen LogP contribution is -2.37. The molecule has 9 nitrogen and oxygen atoms in total. The maximum Gasteiger partial charge on any atom is 0.338 e. The predicted molar refractivity (Wildman–Crippen MR) is 113 cm³/mol. The molecule has 3 rings (SSSR count). The summed E-state index contributed by atoms with van der Waals surface area (Å²) < 4.78 is 42.8. The SMILES string of the molecule is CCOC(=O)c1ccc(S(=O)(=O)N(CC)CC(=O)Nc2ccc3c(c2)OCCO3)cc1. The summed E-state index contributed by atoms with van der Waals surface area (Å²) in [6.45, 7) is 4.15. The molecule has 0 spiro atoms. The Bertz CT molecular complexity index is 1050. The number of nitrogens with zero attached hydrogens (tertiary/aromatic N) is 1. The van der Waals surface area contributed by atoms with Crippen LogP contribution < -0.4 is 14.8 Å². The summed E-state index contributed by atoms with van der Waals surface area (Å²) in [4.78, 5) is 24.2. The number of sulfonamides is 1. The van der Waals surface area contributed by atoms with Gasteiger partial charge in [0.1, 0.15) is 13.2 Å². The third kappa shape index (κ3) is 5.33. The molecule has 0 aliphatic carbocycles. The number of likely N-dealkylation sites (N-methyl/N-ethyl adjacent to an activating group) is 1. The lowest BCUT2D eigenvalue weighted by Gasteiger charge is -2.21. The first-order chi connectivity index (χ1) is 14.8. The number of carbonyl (C=O) groups is 2. The number of amides is 1. The van der Waals surface area contributed by atoms with Gasteiger partial charge in [-0.2, -0.15) is 4.31 Å². The zero-order valence-electron chi connectivity index (χ0n) is 17.3. The Balaban J connectivity index is 1.69. The van der Waals surface area contributed by atoms with E-state index in [1.807, 2.05) is 0 Å². The molecule has 1 N–H and O–H groups in total. The number of benzene rings is 2. The summed E-state index contributed by atoms with van der Waals surface area (Å²) in [5.74, 6) is 0.0850. The Kier molecular flexibility index (Phi) is 7.13. The molecule has 1 aliphatic rings. The standard InChI is InChI=1S/C21H24N2O7S/c1-3-23(31(26,27)17-8-5-15(6-9-17)21(25)28-4-2)14-20(24)22-16-7-10-18-19(13-16)30-12-11-29-18/h5-10,13H,3-4,11-12,14H2,1-2H3,(H,22,24). The van der Waals surface area contributed by atoms with E-state index >= 15 is 0 Å². The van der Waals surface area contributed by atoms with E-state index in [4.69, 9.17) is 14.2 Å². The van der Waals surface area contributed by atoms with E-state index in [-0.39, 0.29) is 30.2 Å². The molecule has 2 aromatic rings. The lowest BCUT2D eigenvalue weighted by molar-refractivity contribution is -0.116. The molecular formula is C21H24N2O7S. The van der Waals surface area contributed by atoms with Crippen molar-refractivity contribution in [2.24, 2.45) is 0 Å². The highest BCUT2D eigenvalue weighted by Crippen LogP contribution is 2.32. The van der Waals surface area contributed by atoms with Gasteiger partial charge in [0.25, 0.3) is 0 Å². The molecule has 1 heterocycles. The van der Waals surface area contributed by atoms with Crippen LogP contribution >= 0.6 is 0 Å². The van der Waals surface area contributed by atoms with Gasteiger partial charge in [0, 0.05) is 18.3 Å². The van der Waals surface area contributed by atoms with E-state index in [0.717, 1.165) is 4.31 Å².